The Kier molecular flexibility index (Phi) is 9.63. The van der Waals surface area contributed by atoms with Crippen molar-refractivity contribution in [2.45, 2.75) is 24.8 Å². The van der Waals surface area contributed by atoms with Gasteiger partial charge in [0, 0.05) is 45.8 Å². The molecular weight excluding hydrogens is 402 g/mol. The molecule has 0 bridgehead atoms. The van der Waals surface area contributed by atoms with Crippen molar-refractivity contribution in [1.82, 2.24) is 10.6 Å². The van der Waals surface area contributed by atoms with E-state index in [0.717, 1.165) is 23.3 Å². The molecule has 0 amide bonds. The molecule has 0 radical (unpaired) electrons. The van der Waals surface area contributed by atoms with Gasteiger partial charge in [0.2, 0.25) is 0 Å². The lowest BCUT2D eigenvalue weighted by atomic mass is 10.1. The molecule has 8 heteroatoms. The summed E-state index contributed by atoms with van der Waals surface area (Å²) in [5.41, 5.74) is 2.12. The lowest BCUT2D eigenvalue weighted by molar-refractivity contribution is 0.171. The van der Waals surface area contributed by atoms with Gasteiger partial charge in [-0.1, -0.05) is 30.3 Å². The van der Waals surface area contributed by atoms with Crippen LogP contribution >= 0.6 is 0 Å². The zero-order valence-corrected chi connectivity index (χ0v) is 18.7. The van der Waals surface area contributed by atoms with Crippen molar-refractivity contribution in [2.24, 2.45) is 4.99 Å². The van der Waals surface area contributed by atoms with Crippen molar-refractivity contribution in [1.29, 1.82) is 0 Å². The van der Waals surface area contributed by atoms with Gasteiger partial charge >= 0.3 is 0 Å². The predicted octanol–water partition coefficient (Wildman–Crippen LogP) is 2.55. The fraction of sp³-hybridized carbons (Fsp3) is 0.409. The van der Waals surface area contributed by atoms with E-state index in [1.54, 1.807) is 44.5 Å². The molecule has 0 aliphatic carbocycles. The van der Waals surface area contributed by atoms with E-state index >= 15 is 0 Å². The number of nitrogens with zero attached hydrogens (tertiary/aromatic N) is 1. The minimum atomic E-state index is -3.33. The van der Waals surface area contributed by atoms with E-state index < -0.39 is 9.84 Å². The van der Waals surface area contributed by atoms with Crippen LogP contribution in [0.1, 0.15) is 17.5 Å². The number of sulfone groups is 1. The van der Waals surface area contributed by atoms with Gasteiger partial charge in [-0.3, -0.25) is 4.99 Å². The third-order valence-corrected chi connectivity index (χ3v) is 6.14. The third-order valence-electron chi connectivity index (χ3n) is 4.41. The predicted molar refractivity (Wildman–Crippen MR) is 120 cm³/mol. The van der Waals surface area contributed by atoms with E-state index in [2.05, 4.69) is 15.6 Å². The van der Waals surface area contributed by atoms with Crippen LogP contribution in [-0.2, 0) is 21.1 Å². The van der Waals surface area contributed by atoms with Crippen molar-refractivity contribution in [3.63, 3.8) is 0 Å². The molecule has 0 aromatic heterocycles. The highest BCUT2D eigenvalue weighted by molar-refractivity contribution is 7.91. The molecule has 164 valence electrons. The van der Waals surface area contributed by atoms with Crippen molar-refractivity contribution in [3.8, 4) is 5.75 Å². The Morgan fingerprint density at radius 3 is 2.53 bits per heavy atom. The maximum Gasteiger partial charge on any atom is 0.191 e. The Balaban J connectivity index is 1.88. The van der Waals surface area contributed by atoms with Crippen molar-refractivity contribution >= 4 is 15.8 Å². The van der Waals surface area contributed by atoms with Gasteiger partial charge in [0.1, 0.15) is 5.75 Å². The molecule has 0 atom stereocenters. The Hall–Kier alpha value is -2.58. The van der Waals surface area contributed by atoms with Crippen LogP contribution in [0, 0.1) is 6.92 Å². The zero-order chi connectivity index (χ0) is 21.8. The van der Waals surface area contributed by atoms with Crippen LogP contribution in [-0.4, -0.2) is 54.0 Å². The van der Waals surface area contributed by atoms with Crippen molar-refractivity contribution < 1.29 is 17.9 Å². The average Bonchev–Trinajstić information content (AvgIpc) is 2.75. The zero-order valence-electron chi connectivity index (χ0n) is 17.8. The molecule has 0 aliphatic rings. The number of ether oxygens (including phenoxy) is 2. The fourth-order valence-corrected chi connectivity index (χ4v) is 3.95. The first-order chi connectivity index (χ1) is 14.5. The molecule has 0 unspecified atom stereocenters. The number of aliphatic imine (C=N–C) groups is 1. The summed E-state index contributed by atoms with van der Waals surface area (Å²) in [6.45, 7) is 4.01. The summed E-state index contributed by atoms with van der Waals surface area (Å²) in [7, 11) is -0.00989. The highest BCUT2D eigenvalue weighted by Gasteiger charge is 2.13. The van der Waals surface area contributed by atoms with E-state index in [-0.39, 0.29) is 12.3 Å². The van der Waals surface area contributed by atoms with Crippen LogP contribution in [0.3, 0.4) is 0 Å². The Morgan fingerprint density at radius 1 is 1.07 bits per heavy atom. The molecule has 2 aromatic carbocycles. The number of guanidine groups is 1. The van der Waals surface area contributed by atoms with Gasteiger partial charge in [0.25, 0.3) is 0 Å². The van der Waals surface area contributed by atoms with Gasteiger partial charge < -0.3 is 20.1 Å². The van der Waals surface area contributed by atoms with Gasteiger partial charge in [-0.2, -0.15) is 0 Å². The first-order valence-electron chi connectivity index (χ1n) is 9.90. The lowest BCUT2D eigenvalue weighted by Gasteiger charge is -2.15. The minimum absolute atomic E-state index is 0.0178. The SMILES string of the molecule is CN=C(NCCS(=O)(=O)c1ccccc1)NCc1ccc(C)cc1OCCCOC. The second-order valence-electron chi connectivity index (χ2n) is 6.79. The number of methoxy groups -OCH3 is 1. The van der Waals surface area contributed by atoms with Gasteiger partial charge in [-0.25, -0.2) is 8.42 Å². The molecule has 0 heterocycles. The quantitative estimate of drug-likeness (QED) is 0.322. The topological polar surface area (TPSA) is 89.0 Å². The summed E-state index contributed by atoms with van der Waals surface area (Å²) in [5, 5.41) is 6.27. The van der Waals surface area contributed by atoms with Gasteiger partial charge in [-0.05, 0) is 30.7 Å². The van der Waals surface area contributed by atoms with Crippen LogP contribution in [0.5, 0.6) is 5.75 Å². The van der Waals surface area contributed by atoms with Crippen LogP contribution in [0.25, 0.3) is 0 Å². The van der Waals surface area contributed by atoms with Gasteiger partial charge in [0.05, 0.1) is 17.3 Å². The number of rotatable bonds is 11. The Bertz CT molecular complexity index is 915. The molecule has 2 rings (SSSR count). The second-order valence-corrected chi connectivity index (χ2v) is 8.90. The van der Waals surface area contributed by atoms with Crippen LogP contribution in [0.4, 0.5) is 0 Å². The maximum absolute atomic E-state index is 12.4. The smallest absolute Gasteiger partial charge is 0.191 e. The average molecular weight is 434 g/mol. The van der Waals surface area contributed by atoms with Gasteiger partial charge in [0.15, 0.2) is 15.8 Å². The minimum Gasteiger partial charge on any atom is -0.493 e. The summed E-state index contributed by atoms with van der Waals surface area (Å²) < 4.78 is 35.7. The summed E-state index contributed by atoms with van der Waals surface area (Å²) >= 11 is 0. The monoisotopic (exact) mass is 433 g/mol. The van der Waals surface area contributed by atoms with Crippen molar-refractivity contribution in [2.75, 3.05) is 39.7 Å². The van der Waals surface area contributed by atoms with Crippen LogP contribution in [0.2, 0.25) is 0 Å². The van der Waals surface area contributed by atoms with E-state index in [1.165, 1.54) is 0 Å². The normalized spacial score (nSPS) is 11.9. The fourth-order valence-electron chi connectivity index (χ4n) is 2.78. The van der Waals surface area contributed by atoms with Crippen molar-refractivity contribution in [3.05, 3.63) is 59.7 Å². The highest BCUT2D eigenvalue weighted by atomic mass is 32.2. The van der Waals surface area contributed by atoms with E-state index in [0.29, 0.717) is 30.6 Å². The van der Waals surface area contributed by atoms with E-state index in [4.69, 9.17) is 9.47 Å². The molecule has 0 fully saturated rings. The first kappa shape index (κ1) is 23.7. The summed E-state index contributed by atoms with van der Waals surface area (Å²) in [5.74, 6) is 1.33. The standard InChI is InChI=1S/C22H31N3O4S/c1-18-10-11-19(21(16-18)29-14-7-13-28-3)17-25-22(23-2)24-12-15-30(26,27)20-8-5-4-6-9-20/h4-6,8-11,16H,7,12-15,17H2,1-3H3,(H2,23,24,25). The van der Waals surface area contributed by atoms with Gasteiger partial charge in [-0.15, -0.1) is 0 Å². The largest absolute Gasteiger partial charge is 0.493 e. The summed E-state index contributed by atoms with van der Waals surface area (Å²) in [6, 6.07) is 14.5. The number of benzene rings is 2. The van der Waals surface area contributed by atoms with E-state index in [1.807, 2.05) is 25.1 Å². The number of nitrogens with one attached hydrogen (secondary N) is 2. The number of hydrogen-bond acceptors (Lipinski definition) is 5. The maximum atomic E-state index is 12.4. The molecular formula is C22H31N3O4S. The molecule has 0 saturated heterocycles. The highest BCUT2D eigenvalue weighted by Crippen LogP contribution is 2.20. The second kappa shape index (κ2) is 12.2. The van der Waals surface area contributed by atoms with Crippen LogP contribution < -0.4 is 15.4 Å². The number of hydrogen-bond donors (Lipinski definition) is 2. The molecule has 0 aliphatic heterocycles. The molecule has 2 N–H and O–H groups in total. The number of aryl methyl sites for hydroxylation is 1. The summed E-state index contributed by atoms with van der Waals surface area (Å²) in [6.07, 6.45) is 0.816. The Labute approximate surface area is 179 Å². The molecule has 2 aromatic rings. The molecule has 0 spiro atoms. The lowest BCUT2D eigenvalue weighted by Crippen LogP contribution is -2.39. The third kappa shape index (κ3) is 7.68. The van der Waals surface area contributed by atoms with Crippen LogP contribution in [0.15, 0.2) is 58.4 Å². The molecule has 0 saturated carbocycles. The van der Waals surface area contributed by atoms with E-state index in [9.17, 15) is 8.42 Å². The molecule has 30 heavy (non-hydrogen) atoms. The summed E-state index contributed by atoms with van der Waals surface area (Å²) in [4.78, 5) is 4.50. The Morgan fingerprint density at radius 2 is 1.83 bits per heavy atom. The first-order valence-corrected chi connectivity index (χ1v) is 11.5. The molecule has 7 nitrogen and oxygen atoms in total.